The fourth-order valence-corrected chi connectivity index (χ4v) is 2.57. The van der Waals surface area contributed by atoms with Crippen LogP contribution in [0.1, 0.15) is 21.7 Å². The van der Waals surface area contributed by atoms with E-state index in [0.717, 1.165) is 5.56 Å². The molecule has 132 valence electrons. The van der Waals surface area contributed by atoms with E-state index in [-0.39, 0.29) is 24.8 Å². The van der Waals surface area contributed by atoms with Crippen LogP contribution in [-0.2, 0) is 17.8 Å². The second-order valence-corrected chi connectivity index (χ2v) is 6.10. The Morgan fingerprint density at radius 2 is 1.73 bits per heavy atom. The van der Waals surface area contributed by atoms with Crippen LogP contribution >= 0.6 is 11.6 Å². The second-order valence-electron chi connectivity index (χ2n) is 5.66. The minimum atomic E-state index is -0.288. The number of anilines is 1. The van der Waals surface area contributed by atoms with Crippen LogP contribution in [0, 0.1) is 0 Å². The topological polar surface area (TPSA) is 71.3 Å². The van der Waals surface area contributed by atoms with Crippen molar-refractivity contribution in [2.75, 3.05) is 5.32 Å². The van der Waals surface area contributed by atoms with Gasteiger partial charge in [-0.05, 0) is 42.0 Å². The third kappa shape index (κ3) is 4.74. The lowest BCUT2D eigenvalue weighted by molar-refractivity contribution is -0.115. The third-order valence-corrected chi connectivity index (χ3v) is 3.98. The van der Waals surface area contributed by atoms with Crippen molar-refractivity contribution in [1.82, 2.24) is 5.32 Å². The van der Waals surface area contributed by atoms with Crippen molar-refractivity contribution in [3.05, 3.63) is 88.8 Å². The zero-order valence-corrected chi connectivity index (χ0v) is 14.6. The quantitative estimate of drug-likeness (QED) is 0.689. The number of carbonyl (C=O) groups is 2. The van der Waals surface area contributed by atoms with Gasteiger partial charge in [-0.25, -0.2) is 0 Å². The van der Waals surface area contributed by atoms with Crippen LogP contribution in [0.5, 0.6) is 0 Å². The Labute approximate surface area is 156 Å². The highest BCUT2D eigenvalue weighted by atomic mass is 35.5. The van der Waals surface area contributed by atoms with Gasteiger partial charge in [-0.3, -0.25) is 9.59 Å². The maximum absolute atomic E-state index is 12.4. The molecule has 2 aromatic carbocycles. The highest BCUT2D eigenvalue weighted by Gasteiger charge is 2.13. The van der Waals surface area contributed by atoms with Gasteiger partial charge in [-0.2, -0.15) is 0 Å². The van der Waals surface area contributed by atoms with Crippen LogP contribution < -0.4 is 10.6 Å². The summed E-state index contributed by atoms with van der Waals surface area (Å²) in [6.07, 6.45) is 1.74. The number of benzene rings is 2. The Morgan fingerprint density at radius 3 is 2.46 bits per heavy atom. The van der Waals surface area contributed by atoms with Crippen molar-refractivity contribution in [3.63, 3.8) is 0 Å². The number of nitrogens with one attached hydrogen (secondary N) is 2. The fourth-order valence-electron chi connectivity index (χ4n) is 2.45. The molecule has 2 amide bonds. The van der Waals surface area contributed by atoms with Crippen LogP contribution in [0.2, 0.25) is 5.02 Å². The fraction of sp³-hybridized carbons (Fsp3) is 0.100. The molecule has 3 rings (SSSR count). The molecule has 0 aliphatic carbocycles. The van der Waals surface area contributed by atoms with E-state index in [9.17, 15) is 9.59 Å². The molecule has 0 aliphatic heterocycles. The molecule has 5 nitrogen and oxygen atoms in total. The number of carbonyl (C=O) groups excluding carboxylic acids is 2. The first-order chi connectivity index (χ1) is 12.6. The molecule has 2 N–H and O–H groups in total. The highest BCUT2D eigenvalue weighted by Crippen LogP contribution is 2.16. The molecule has 0 spiro atoms. The first kappa shape index (κ1) is 17.8. The summed E-state index contributed by atoms with van der Waals surface area (Å²) in [5.41, 5.74) is 1.69. The first-order valence-electron chi connectivity index (χ1n) is 8.06. The molecule has 3 aromatic rings. The molecule has 0 radical (unpaired) electrons. The average Bonchev–Trinajstić information content (AvgIpc) is 3.16. The van der Waals surface area contributed by atoms with Crippen LogP contribution in [0.25, 0.3) is 0 Å². The normalized spacial score (nSPS) is 10.3. The molecule has 0 saturated heterocycles. The number of hydrogen-bond acceptors (Lipinski definition) is 3. The lowest BCUT2D eigenvalue weighted by Crippen LogP contribution is -2.25. The Kier molecular flexibility index (Phi) is 5.71. The number of para-hydroxylation sites is 1. The summed E-state index contributed by atoms with van der Waals surface area (Å²) in [6.45, 7) is 0.277. The Hall–Kier alpha value is -3.05. The molecule has 0 saturated carbocycles. The van der Waals surface area contributed by atoms with E-state index in [1.165, 1.54) is 0 Å². The molecule has 6 heteroatoms. The Morgan fingerprint density at radius 1 is 0.962 bits per heavy atom. The van der Waals surface area contributed by atoms with Crippen molar-refractivity contribution in [2.24, 2.45) is 0 Å². The van der Waals surface area contributed by atoms with Crippen molar-refractivity contribution in [3.8, 4) is 0 Å². The highest BCUT2D eigenvalue weighted by molar-refractivity contribution is 6.30. The maximum atomic E-state index is 12.4. The Balaban J connectivity index is 1.65. The van der Waals surface area contributed by atoms with Gasteiger partial charge < -0.3 is 15.1 Å². The van der Waals surface area contributed by atoms with E-state index in [1.807, 2.05) is 0 Å². The number of rotatable bonds is 6. The number of furan rings is 1. The van der Waals surface area contributed by atoms with Gasteiger partial charge in [0.15, 0.2) is 0 Å². The van der Waals surface area contributed by atoms with Gasteiger partial charge in [-0.1, -0.05) is 35.9 Å². The molecule has 0 fully saturated rings. The van der Waals surface area contributed by atoms with Crippen LogP contribution in [0.3, 0.4) is 0 Å². The second kappa shape index (κ2) is 8.36. The van der Waals surface area contributed by atoms with Gasteiger partial charge >= 0.3 is 0 Å². The van der Waals surface area contributed by atoms with E-state index in [2.05, 4.69) is 10.6 Å². The molecule has 1 aromatic heterocycles. The minimum Gasteiger partial charge on any atom is -0.467 e. The van der Waals surface area contributed by atoms with Crippen LogP contribution in [0.4, 0.5) is 5.69 Å². The van der Waals surface area contributed by atoms with Crippen molar-refractivity contribution < 1.29 is 14.0 Å². The van der Waals surface area contributed by atoms with Gasteiger partial charge in [-0.15, -0.1) is 0 Å². The summed E-state index contributed by atoms with van der Waals surface area (Å²) in [5, 5.41) is 6.18. The van der Waals surface area contributed by atoms with Crippen LogP contribution in [0.15, 0.2) is 71.3 Å². The van der Waals surface area contributed by atoms with E-state index in [0.29, 0.717) is 22.0 Å². The number of amides is 2. The van der Waals surface area contributed by atoms with E-state index in [4.69, 9.17) is 16.0 Å². The van der Waals surface area contributed by atoms with Gasteiger partial charge in [0, 0.05) is 5.02 Å². The van der Waals surface area contributed by atoms with E-state index < -0.39 is 0 Å². The van der Waals surface area contributed by atoms with Crippen LogP contribution in [-0.4, -0.2) is 11.8 Å². The largest absolute Gasteiger partial charge is 0.467 e. The predicted octanol–water partition coefficient (Wildman–Crippen LogP) is 4.04. The molecule has 0 unspecified atom stereocenters. The van der Waals surface area contributed by atoms with Gasteiger partial charge in [0.2, 0.25) is 5.91 Å². The summed E-state index contributed by atoms with van der Waals surface area (Å²) in [6, 6.07) is 17.5. The molecular formula is C20H17ClN2O3. The third-order valence-electron chi connectivity index (χ3n) is 3.73. The van der Waals surface area contributed by atoms with Crippen molar-refractivity contribution in [2.45, 2.75) is 13.0 Å². The summed E-state index contributed by atoms with van der Waals surface area (Å²) in [4.78, 5) is 24.7. The molecule has 26 heavy (non-hydrogen) atoms. The maximum Gasteiger partial charge on any atom is 0.253 e. The van der Waals surface area contributed by atoms with Gasteiger partial charge in [0.25, 0.3) is 5.91 Å². The van der Waals surface area contributed by atoms with E-state index >= 15 is 0 Å². The summed E-state index contributed by atoms with van der Waals surface area (Å²) in [5.74, 6) is 0.157. The first-order valence-corrected chi connectivity index (χ1v) is 8.43. The molecule has 0 aliphatic rings. The summed E-state index contributed by atoms with van der Waals surface area (Å²) < 4.78 is 5.20. The molecular weight excluding hydrogens is 352 g/mol. The SMILES string of the molecule is O=C(Cc1ccc(Cl)cc1)Nc1ccccc1C(=O)NCc1ccco1. The van der Waals surface area contributed by atoms with Crippen molar-refractivity contribution in [1.29, 1.82) is 0 Å². The van der Waals surface area contributed by atoms with Crippen molar-refractivity contribution >= 4 is 29.1 Å². The summed E-state index contributed by atoms with van der Waals surface area (Å²) in [7, 11) is 0. The van der Waals surface area contributed by atoms with Gasteiger partial charge in [0.05, 0.1) is 30.5 Å². The zero-order valence-electron chi connectivity index (χ0n) is 13.9. The standard InChI is InChI=1S/C20H17ClN2O3/c21-15-9-7-14(8-10-15)12-19(24)23-18-6-2-1-5-17(18)20(25)22-13-16-4-3-11-26-16/h1-11H,12-13H2,(H,22,25)(H,23,24). The number of hydrogen-bond donors (Lipinski definition) is 2. The smallest absolute Gasteiger partial charge is 0.253 e. The molecule has 1 heterocycles. The van der Waals surface area contributed by atoms with E-state index in [1.54, 1.807) is 66.9 Å². The summed E-state index contributed by atoms with van der Waals surface area (Å²) >= 11 is 5.85. The molecule has 0 atom stereocenters. The zero-order chi connectivity index (χ0) is 18.4. The van der Waals surface area contributed by atoms with Gasteiger partial charge in [0.1, 0.15) is 5.76 Å². The number of halogens is 1. The minimum absolute atomic E-state index is 0.194. The Bertz CT molecular complexity index is 890. The molecule has 0 bridgehead atoms. The average molecular weight is 369 g/mol. The lowest BCUT2D eigenvalue weighted by atomic mass is 10.1. The predicted molar refractivity (Wildman–Crippen MR) is 100 cm³/mol. The monoisotopic (exact) mass is 368 g/mol. The lowest BCUT2D eigenvalue weighted by Gasteiger charge is -2.11.